The minimum atomic E-state index is 0.235. The second kappa shape index (κ2) is 2.55. The van der Waals surface area contributed by atoms with Crippen LogP contribution in [-0.4, -0.2) is 10.9 Å². The van der Waals surface area contributed by atoms with E-state index in [0.29, 0.717) is 0 Å². The average molecular weight is 129 g/mol. The number of rotatable bonds is 0. The standard InChI is InChI=1S/C6H11NS/c7-5-3-1-2-4-6(5)8/h5H,1-4,7H2. The van der Waals surface area contributed by atoms with Crippen LogP contribution in [0.3, 0.4) is 0 Å². The third-order valence-corrected chi connectivity index (χ3v) is 2.11. The van der Waals surface area contributed by atoms with Crippen LogP contribution in [0.25, 0.3) is 0 Å². The van der Waals surface area contributed by atoms with E-state index in [0.717, 1.165) is 17.7 Å². The SMILES string of the molecule is NC1CCCCC1=S. The Morgan fingerprint density at radius 2 is 2.25 bits per heavy atom. The van der Waals surface area contributed by atoms with Gasteiger partial charge in [-0.05, 0) is 19.3 Å². The van der Waals surface area contributed by atoms with Gasteiger partial charge in [-0.1, -0.05) is 18.6 Å². The van der Waals surface area contributed by atoms with Crippen molar-refractivity contribution in [1.29, 1.82) is 0 Å². The Kier molecular flexibility index (Phi) is 1.97. The number of hydrogen-bond donors (Lipinski definition) is 1. The molecule has 46 valence electrons. The fourth-order valence-corrected chi connectivity index (χ4v) is 1.27. The first kappa shape index (κ1) is 6.17. The van der Waals surface area contributed by atoms with E-state index in [1.54, 1.807) is 0 Å². The fraction of sp³-hybridized carbons (Fsp3) is 0.833. The number of hydrogen-bond acceptors (Lipinski definition) is 2. The summed E-state index contributed by atoms with van der Waals surface area (Å²) in [5, 5.41) is 0. The van der Waals surface area contributed by atoms with Gasteiger partial charge in [0.15, 0.2) is 0 Å². The maximum absolute atomic E-state index is 5.64. The first-order chi connectivity index (χ1) is 3.80. The van der Waals surface area contributed by atoms with E-state index >= 15 is 0 Å². The molecule has 0 spiro atoms. The first-order valence-corrected chi connectivity index (χ1v) is 3.50. The first-order valence-electron chi connectivity index (χ1n) is 3.09. The van der Waals surface area contributed by atoms with Crippen molar-refractivity contribution in [3.63, 3.8) is 0 Å². The quantitative estimate of drug-likeness (QED) is 0.498. The molecule has 2 N–H and O–H groups in total. The van der Waals surface area contributed by atoms with Crippen LogP contribution in [-0.2, 0) is 0 Å². The monoisotopic (exact) mass is 129 g/mol. The van der Waals surface area contributed by atoms with Gasteiger partial charge in [-0.2, -0.15) is 0 Å². The molecule has 0 aliphatic heterocycles. The van der Waals surface area contributed by atoms with Crippen molar-refractivity contribution in [3.05, 3.63) is 0 Å². The van der Waals surface area contributed by atoms with Crippen molar-refractivity contribution in [2.75, 3.05) is 0 Å². The van der Waals surface area contributed by atoms with Crippen LogP contribution < -0.4 is 5.73 Å². The zero-order valence-corrected chi connectivity index (χ0v) is 5.71. The lowest BCUT2D eigenvalue weighted by molar-refractivity contribution is 0.615. The minimum Gasteiger partial charge on any atom is -0.324 e. The molecule has 0 aromatic heterocycles. The molecule has 8 heavy (non-hydrogen) atoms. The van der Waals surface area contributed by atoms with Gasteiger partial charge in [0.05, 0.1) is 0 Å². The maximum atomic E-state index is 5.64. The molecule has 0 bridgehead atoms. The van der Waals surface area contributed by atoms with Crippen molar-refractivity contribution in [2.45, 2.75) is 31.7 Å². The van der Waals surface area contributed by atoms with Crippen LogP contribution >= 0.6 is 12.2 Å². The Balaban J connectivity index is 2.39. The molecule has 1 fully saturated rings. The molecule has 0 radical (unpaired) electrons. The molecule has 1 aliphatic rings. The fourth-order valence-electron chi connectivity index (χ4n) is 1.01. The number of thiocarbonyl (C=S) groups is 1. The average Bonchev–Trinajstić information content (AvgIpc) is 1.77. The molecular formula is C6H11NS. The highest BCUT2D eigenvalue weighted by Crippen LogP contribution is 2.13. The zero-order valence-electron chi connectivity index (χ0n) is 4.89. The Labute approximate surface area is 55.3 Å². The molecular weight excluding hydrogens is 118 g/mol. The summed E-state index contributed by atoms with van der Waals surface area (Å²) in [5.41, 5.74) is 5.64. The molecule has 1 rings (SSSR count). The lowest BCUT2D eigenvalue weighted by atomic mass is 9.96. The van der Waals surface area contributed by atoms with Crippen molar-refractivity contribution >= 4 is 17.1 Å². The summed E-state index contributed by atoms with van der Waals surface area (Å²) < 4.78 is 0. The predicted molar refractivity (Wildman–Crippen MR) is 39.0 cm³/mol. The van der Waals surface area contributed by atoms with E-state index < -0.39 is 0 Å². The Morgan fingerprint density at radius 3 is 2.62 bits per heavy atom. The van der Waals surface area contributed by atoms with Gasteiger partial charge in [0.1, 0.15) is 0 Å². The molecule has 0 amide bonds. The van der Waals surface area contributed by atoms with Crippen LogP contribution in [0.4, 0.5) is 0 Å². The van der Waals surface area contributed by atoms with Gasteiger partial charge in [-0.15, -0.1) is 0 Å². The molecule has 0 saturated heterocycles. The van der Waals surface area contributed by atoms with Gasteiger partial charge in [0, 0.05) is 10.9 Å². The molecule has 2 heteroatoms. The van der Waals surface area contributed by atoms with Gasteiger partial charge in [0.25, 0.3) is 0 Å². The Bertz CT molecular complexity index is 101. The predicted octanol–water partition coefficient (Wildman–Crippen LogP) is 1.26. The summed E-state index contributed by atoms with van der Waals surface area (Å²) in [6, 6.07) is 0.235. The minimum absolute atomic E-state index is 0.235. The third kappa shape index (κ3) is 1.26. The van der Waals surface area contributed by atoms with E-state index in [-0.39, 0.29) is 6.04 Å². The lowest BCUT2D eigenvalue weighted by Gasteiger charge is -2.17. The maximum Gasteiger partial charge on any atom is 0.0358 e. The van der Waals surface area contributed by atoms with E-state index in [1.807, 2.05) is 0 Å². The van der Waals surface area contributed by atoms with E-state index in [4.69, 9.17) is 18.0 Å². The van der Waals surface area contributed by atoms with Crippen LogP contribution in [0.1, 0.15) is 25.7 Å². The third-order valence-electron chi connectivity index (χ3n) is 1.60. The second-order valence-electron chi connectivity index (χ2n) is 2.32. The van der Waals surface area contributed by atoms with E-state index in [1.165, 1.54) is 12.8 Å². The van der Waals surface area contributed by atoms with Crippen LogP contribution in [0.15, 0.2) is 0 Å². The molecule has 1 unspecified atom stereocenters. The van der Waals surface area contributed by atoms with E-state index in [9.17, 15) is 0 Å². The van der Waals surface area contributed by atoms with Crippen LogP contribution in [0, 0.1) is 0 Å². The van der Waals surface area contributed by atoms with Gasteiger partial charge < -0.3 is 5.73 Å². The second-order valence-corrected chi connectivity index (χ2v) is 2.84. The summed E-state index contributed by atoms with van der Waals surface area (Å²) in [4.78, 5) is 1.08. The summed E-state index contributed by atoms with van der Waals surface area (Å²) in [7, 11) is 0. The Morgan fingerprint density at radius 1 is 1.50 bits per heavy atom. The largest absolute Gasteiger partial charge is 0.324 e. The van der Waals surface area contributed by atoms with Crippen molar-refractivity contribution in [3.8, 4) is 0 Å². The van der Waals surface area contributed by atoms with Crippen molar-refractivity contribution in [2.24, 2.45) is 5.73 Å². The normalized spacial score (nSPS) is 30.6. The molecule has 1 saturated carbocycles. The summed E-state index contributed by atoms with van der Waals surface area (Å²) in [6.45, 7) is 0. The van der Waals surface area contributed by atoms with Crippen molar-refractivity contribution in [1.82, 2.24) is 0 Å². The smallest absolute Gasteiger partial charge is 0.0358 e. The molecule has 0 aromatic rings. The van der Waals surface area contributed by atoms with Crippen LogP contribution in [0.2, 0.25) is 0 Å². The van der Waals surface area contributed by atoms with Gasteiger partial charge in [-0.25, -0.2) is 0 Å². The summed E-state index contributed by atoms with van der Waals surface area (Å²) >= 11 is 5.00. The van der Waals surface area contributed by atoms with Gasteiger partial charge in [-0.3, -0.25) is 0 Å². The molecule has 1 atom stereocenters. The lowest BCUT2D eigenvalue weighted by Crippen LogP contribution is -2.31. The van der Waals surface area contributed by atoms with Gasteiger partial charge >= 0.3 is 0 Å². The van der Waals surface area contributed by atoms with Crippen LogP contribution in [0.5, 0.6) is 0 Å². The summed E-state index contributed by atoms with van der Waals surface area (Å²) in [6.07, 6.45) is 4.71. The molecule has 1 nitrogen and oxygen atoms in total. The molecule has 0 aromatic carbocycles. The van der Waals surface area contributed by atoms with E-state index in [2.05, 4.69) is 0 Å². The topological polar surface area (TPSA) is 26.0 Å². The van der Waals surface area contributed by atoms with Gasteiger partial charge in [0.2, 0.25) is 0 Å². The zero-order chi connectivity index (χ0) is 5.98. The highest BCUT2D eigenvalue weighted by molar-refractivity contribution is 7.80. The molecule has 0 heterocycles. The number of nitrogens with two attached hydrogens (primary N) is 1. The van der Waals surface area contributed by atoms with Crippen molar-refractivity contribution < 1.29 is 0 Å². The summed E-state index contributed by atoms with van der Waals surface area (Å²) in [5.74, 6) is 0. The highest BCUT2D eigenvalue weighted by atomic mass is 32.1. The Hall–Kier alpha value is 0.0500. The highest BCUT2D eigenvalue weighted by Gasteiger charge is 2.12. The molecule has 1 aliphatic carbocycles.